The van der Waals surface area contributed by atoms with E-state index < -0.39 is 7.26 Å². The highest BCUT2D eigenvalue weighted by atomic mass is 79.9. The van der Waals surface area contributed by atoms with E-state index in [-0.39, 0.29) is 17.0 Å². The molecular formula is C22H48BrP. The Labute approximate surface area is 166 Å². The third-order valence-electron chi connectivity index (χ3n) is 4.93. The molecule has 0 spiro atoms. The zero-order valence-corrected chi connectivity index (χ0v) is 20.0. The Morgan fingerprint density at radius 1 is 0.417 bits per heavy atom. The lowest BCUT2D eigenvalue weighted by Gasteiger charge is -2.10. The molecule has 0 radical (unpaired) electrons. The lowest BCUT2D eigenvalue weighted by molar-refractivity contribution is -0.00000543. The van der Waals surface area contributed by atoms with Crippen LogP contribution in [0, 0.1) is 0 Å². The third kappa shape index (κ3) is 25.2. The average Bonchev–Trinajstić information content (AvgIpc) is 2.49. The summed E-state index contributed by atoms with van der Waals surface area (Å²) in [6, 6.07) is 0. The molecule has 0 amide bonds. The minimum absolute atomic E-state index is 0. The van der Waals surface area contributed by atoms with Crippen LogP contribution in [-0.2, 0) is 0 Å². The number of hydrogen-bond acceptors (Lipinski definition) is 0. The Morgan fingerprint density at radius 2 is 0.667 bits per heavy atom. The summed E-state index contributed by atoms with van der Waals surface area (Å²) in [5.74, 6) is 0. The maximum Gasteiger partial charge on any atom is 0.0586 e. The predicted molar refractivity (Wildman–Crippen MR) is 114 cm³/mol. The normalized spacial score (nSPS) is 11.5. The molecule has 0 fully saturated rings. The quantitative estimate of drug-likeness (QED) is 0.200. The summed E-state index contributed by atoms with van der Waals surface area (Å²) in [5, 5.41) is 0. The highest BCUT2D eigenvalue weighted by Crippen LogP contribution is 2.47. The highest BCUT2D eigenvalue weighted by Gasteiger charge is 2.15. The topological polar surface area (TPSA) is 0 Å². The van der Waals surface area contributed by atoms with Gasteiger partial charge in [-0.15, -0.1) is 0 Å². The Balaban J connectivity index is 0. The molecule has 0 atom stereocenters. The second-order valence-electron chi connectivity index (χ2n) is 8.67. The maximum absolute atomic E-state index is 2.47. The molecule has 0 saturated heterocycles. The standard InChI is InChI=1S/C22H48P.BrH/c1-5-6-7-8-9-10-11-12-13-14-15-16-17-18-19-20-21-22-23(2,3)4;/h5-22H2,1-4H3;1H/q+1;/p-1. The Bertz CT molecular complexity index is 223. The van der Waals surface area contributed by atoms with E-state index in [2.05, 4.69) is 26.9 Å². The molecule has 0 saturated carbocycles. The van der Waals surface area contributed by atoms with Crippen molar-refractivity contribution in [2.75, 3.05) is 26.2 Å². The summed E-state index contributed by atoms with van der Waals surface area (Å²) >= 11 is 0. The third-order valence-corrected chi connectivity index (χ3v) is 6.59. The Kier molecular flexibility index (Phi) is 22.9. The molecule has 0 bridgehead atoms. The Hall–Kier alpha value is 0.910. The van der Waals surface area contributed by atoms with Gasteiger partial charge in [0.1, 0.15) is 0 Å². The summed E-state index contributed by atoms with van der Waals surface area (Å²) in [6.07, 6.45) is 26.6. The second-order valence-corrected chi connectivity index (χ2v) is 13.7. The number of halogens is 1. The lowest BCUT2D eigenvalue weighted by Crippen LogP contribution is -3.00. The van der Waals surface area contributed by atoms with Crippen LogP contribution < -0.4 is 17.0 Å². The fourth-order valence-electron chi connectivity index (χ4n) is 3.31. The summed E-state index contributed by atoms with van der Waals surface area (Å²) in [4.78, 5) is 0. The highest BCUT2D eigenvalue weighted by molar-refractivity contribution is 7.73. The lowest BCUT2D eigenvalue weighted by atomic mass is 10.0. The predicted octanol–water partition coefficient (Wildman–Crippen LogP) is 5.55. The van der Waals surface area contributed by atoms with Crippen molar-refractivity contribution in [3.63, 3.8) is 0 Å². The second kappa shape index (κ2) is 20.2. The van der Waals surface area contributed by atoms with Crippen molar-refractivity contribution >= 4 is 7.26 Å². The van der Waals surface area contributed by atoms with Gasteiger partial charge in [-0.05, 0) is 12.8 Å². The number of rotatable bonds is 18. The van der Waals surface area contributed by atoms with Crippen molar-refractivity contribution in [1.82, 2.24) is 0 Å². The molecule has 0 aromatic carbocycles. The van der Waals surface area contributed by atoms with E-state index in [1.165, 1.54) is 115 Å². The molecule has 0 aliphatic rings. The van der Waals surface area contributed by atoms with Crippen LogP contribution >= 0.6 is 7.26 Å². The molecule has 148 valence electrons. The van der Waals surface area contributed by atoms with Gasteiger partial charge >= 0.3 is 0 Å². The van der Waals surface area contributed by atoms with E-state index in [1.807, 2.05) is 0 Å². The first kappa shape index (κ1) is 27.1. The fraction of sp³-hybridized carbons (Fsp3) is 1.00. The van der Waals surface area contributed by atoms with Gasteiger partial charge in [-0.1, -0.05) is 103 Å². The minimum Gasteiger partial charge on any atom is -1.00 e. The van der Waals surface area contributed by atoms with Crippen molar-refractivity contribution in [3.8, 4) is 0 Å². The minimum atomic E-state index is -0.506. The monoisotopic (exact) mass is 422 g/mol. The van der Waals surface area contributed by atoms with Gasteiger partial charge in [-0.3, -0.25) is 0 Å². The zero-order valence-electron chi connectivity index (χ0n) is 17.6. The van der Waals surface area contributed by atoms with Crippen LogP contribution in [0.1, 0.15) is 116 Å². The van der Waals surface area contributed by atoms with Gasteiger partial charge in [-0.25, -0.2) is 0 Å². The molecule has 0 aliphatic heterocycles. The van der Waals surface area contributed by atoms with Crippen LogP contribution in [0.3, 0.4) is 0 Å². The van der Waals surface area contributed by atoms with Crippen molar-refractivity contribution in [2.45, 2.75) is 116 Å². The largest absolute Gasteiger partial charge is 1.00 e. The molecule has 0 N–H and O–H groups in total. The van der Waals surface area contributed by atoms with E-state index in [0.29, 0.717) is 0 Å². The van der Waals surface area contributed by atoms with Gasteiger partial charge in [0.2, 0.25) is 0 Å². The molecule has 0 nitrogen and oxygen atoms in total. The average molecular weight is 424 g/mol. The van der Waals surface area contributed by atoms with Crippen LogP contribution in [-0.4, -0.2) is 26.2 Å². The van der Waals surface area contributed by atoms with Crippen LogP contribution in [0.5, 0.6) is 0 Å². The Morgan fingerprint density at radius 3 is 0.917 bits per heavy atom. The smallest absolute Gasteiger partial charge is 0.0586 e. The van der Waals surface area contributed by atoms with Crippen LogP contribution in [0.25, 0.3) is 0 Å². The number of unbranched alkanes of at least 4 members (excludes halogenated alkanes) is 16. The molecular weight excluding hydrogens is 375 g/mol. The summed E-state index contributed by atoms with van der Waals surface area (Å²) in [5.41, 5.74) is 0. The van der Waals surface area contributed by atoms with E-state index in [4.69, 9.17) is 0 Å². The first-order valence-electron chi connectivity index (χ1n) is 10.9. The molecule has 0 aromatic rings. The van der Waals surface area contributed by atoms with E-state index in [9.17, 15) is 0 Å². The molecule has 2 heteroatoms. The van der Waals surface area contributed by atoms with Gasteiger partial charge in [0.05, 0.1) is 6.16 Å². The van der Waals surface area contributed by atoms with E-state index >= 15 is 0 Å². The van der Waals surface area contributed by atoms with E-state index in [0.717, 1.165) is 0 Å². The van der Waals surface area contributed by atoms with Crippen LogP contribution in [0.2, 0.25) is 0 Å². The molecule has 0 heterocycles. The first-order chi connectivity index (χ1) is 11.1. The van der Waals surface area contributed by atoms with Crippen LogP contribution in [0.4, 0.5) is 0 Å². The van der Waals surface area contributed by atoms with E-state index in [1.54, 1.807) is 0 Å². The van der Waals surface area contributed by atoms with Crippen molar-refractivity contribution in [1.29, 1.82) is 0 Å². The molecule has 24 heavy (non-hydrogen) atoms. The fourth-order valence-corrected chi connectivity index (χ4v) is 4.48. The van der Waals surface area contributed by atoms with Gasteiger partial charge in [0, 0.05) is 27.3 Å². The zero-order chi connectivity index (χ0) is 17.2. The van der Waals surface area contributed by atoms with Gasteiger partial charge in [0.15, 0.2) is 0 Å². The van der Waals surface area contributed by atoms with Crippen molar-refractivity contribution in [2.24, 2.45) is 0 Å². The SMILES string of the molecule is CCCCCCCCCCCCCCCCCCC[P+](C)(C)C.[Br-]. The summed E-state index contributed by atoms with van der Waals surface area (Å²) in [7, 11) is -0.506. The van der Waals surface area contributed by atoms with Crippen LogP contribution in [0.15, 0.2) is 0 Å². The summed E-state index contributed by atoms with van der Waals surface area (Å²) in [6.45, 7) is 9.71. The summed E-state index contributed by atoms with van der Waals surface area (Å²) < 4.78 is 0. The molecule has 0 aromatic heterocycles. The first-order valence-corrected chi connectivity index (χ1v) is 14.2. The van der Waals surface area contributed by atoms with Gasteiger partial charge in [0.25, 0.3) is 0 Å². The van der Waals surface area contributed by atoms with Gasteiger partial charge in [-0.2, -0.15) is 0 Å². The molecule has 0 aliphatic carbocycles. The molecule has 0 rings (SSSR count). The number of hydrogen-bond donors (Lipinski definition) is 0. The van der Waals surface area contributed by atoms with Crippen molar-refractivity contribution in [3.05, 3.63) is 0 Å². The van der Waals surface area contributed by atoms with Gasteiger partial charge < -0.3 is 17.0 Å². The molecule has 0 unspecified atom stereocenters. The maximum atomic E-state index is 2.47. The van der Waals surface area contributed by atoms with Crippen molar-refractivity contribution < 1.29 is 17.0 Å².